The monoisotopic (exact) mass is 427 g/mol. The maximum absolute atomic E-state index is 12.8. The molecule has 140 valence electrons. The summed E-state index contributed by atoms with van der Waals surface area (Å²) in [6, 6.07) is 14.0. The SMILES string of the molecule is N=Cc1ccc(CN2CCN(C(=O)C3Nc4ccc(Br)cc4N3)CC2)cc1. The molecule has 2 aliphatic rings. The van der Waals surface area contributed by atoms with E-state index in [2.05, 4.69) is 43.6 Å². The highest BCUT2D eigenvalue weighted by Gasteiger charge is 2.31. The van der Waals surface area contributed by atoms with E-state index in [9.17, 15) is 4.79 Å². The summed E-state index contributed by atoms with van der Waals surface area (Å²) in [5.41, 5.74) is 4.07. The predicted octanol–water partition coefficient (Wildman–Crippen LogP) is 2.95. The van der Waals surface area contributed by atoms with Crippen LogP contribution in [0.15, 0.2) is 46.9 Å². The average Bonchev–Trinajstić information content (AvgIpc) is 3.12. The Morgan fingerprint density at radius 2 is 1.78 bits per heavy atom. The highest BCUT2D eigenvalue weighted by molar-refractivity contribution is 9.10. The van der Waals surface area contributed by atoms with Crippen LogP contribution in [0.1, 0.15) is 11.1 Å². The first kappa shape index (κ1) is 18.0. The summed E-state index contributed by atoms with van der Waals surface area (Å²) in [5, 5.41) is 13.8. The van der Waals surface area contributed by atoms with Crippen LogP contribution in [0.3, 0.4) is 0 Å². The van der Waals surface area contributed by atoms with Gasteiger partial charge in [0.15, 0.2) is 6.17 Å². The first-order valence-corrected chi connectivity index (χ1v) is 9.85. The van der Waals surface area contributed by atoms with Crippen molar-refractivity contribution in [3.63, 3.8) is 0 Å². The van der Waals surface area contributed by atoms with Crippen molar-refractivity contribution in [1.29, 1.82) is 5.41 Å². The fraction of sp³-hybridized carbons (Fsp3) is 0.300. The molecular weight excluding hydrogens is 406 g/mol. The molecule has 0 aliphatic carbocycles. The smallest absolute Gasteiger partial charge is 0.265 e. The van der Waals surface area contributed by atoms with Gasteiger partial charge in [-0.15, -0.1) is 0 Å². The molecule has 2 heterocycles. The molecule has 27 heavy (non-hydrogen) atoms. The molecule has 1 unspecified atom stereocenters. The fourth-order valence-electron chi connectivity index (χ4n) is 3.52. The molecule has 0 radical (unpaired) electrons. The highest BCUT2D eigenvalue weighted by Crippen LogP contribution is 2.32. The predicted molar refractivity (Wildman–Crippen MR) is 111 cm³/mol. The number of amides is 1. The Bertz CT molecular complexity index is 846. The molecule has 1 fully saturated rings. The summed E-state index contributed by atoms with van der Waals surface area (Å²) in [6.07, 6.45) is 0.963. The number of piperazine rings is 1. The van der Waals surface area contributed by atoms with Gasteiger partial charge in [0.25, 0.3) is 5.91 Å². The molecular formula is C20H22BrN5O. The summed E-state index contributed by atoms with van der Waals surface area (Å²) >= 11 is 3.46. The van der Waals surface area contributed by atoms with Crippen LogP contribution in [0.2, 0.25) is 0 Å². The average molecular weight is 428 g/mol. The zero-order valence-electron chi connectivity index (χ0n) is 14.9. The van der Waals surface area contributed by atoms with E-state index in [1.807, 2.05) is 35.2 Å². The van der Waals surface area contributed by atoms with Crippen LogP contribution in [0, 0.1) is 5.41 Å². The van der Waals surface area contributed by atoms with Gasteiger partial charge in [-0.05, 0) is 29.3 Å². The van der Waals surface area contributed by atoms with Crippen molar-refractivity contribution in [2.75, 3.05) is 36.8 Å². The van der Waals surface area contributed by atoms with E-state index in [0.717, 1.165) is 54.1 Å². The molecule has 0 spiro atoms. The van der Waals surface area contributed by atoms with Gasteiger partial charge in [0.1, 0.15) is 0 Å². The van der Waals surface area contributed by atoms with Crippen molar-refractivity contribution >= 4 is 39.4 Å². The molecule has 2 aromatic rings. The molecule has 4 rings (SSSR count). The molecule has 2 aromatic carbocycles. The minimum absolute atomic E-state index is 0.0947. The molecule has 7 heteroatoms. The minimum atomic E-state index is -0.394. The van der Waals surface area contributed by atoms with Crippen molar-refractivity contribution in [2.24, 2.45) is 0 Å². The van der Waals surface area contributed by atoms with Gasteiger partial charge >= 0.3 is 0 Å². The van der Waals surface area contributed by atoms with Crippen LogP contribution in [0.5, 0.6) is 0 Å². The van der Waals surface area contributed by atoms with Crippen LogP contribution >= 0.6 is 15.9 Å². The van der Waals surface area contributed by atoms with E-state index in [-0.39, 0.29) is 5.91 Å². The molecule has 0 aromatic heterocycles. The maximum Gasteiger partial charge on any atom is 0.265 e. The van der Waals surface area contributed by atoms with Crippen LogP contribution in [-0.2, 0) is 11.3 Å². The topological polar surface area (TPSA) is 71.5 Å². The molecule has 2 aliphatic heterocycles. The van der Waals surface area contributed by atoms with E-state index < -0.39 is 6.17 Å². The van der Waals surface area contributed by atoms with Crippen molar-refractivity contribution in [3.8, 4) is 0 Å². The number of anilines is 2. The van der Waals surface area contributed by atoms with Crippen molar-refractivity contribution in [1.82, 2.24) is 9.80 Å². The van der Waals surface area contributed by atoms with Gasteiger partial charge in [-0.2, -0.15) is 0 Å². The quantitative estimate of drug-likeness (QED) is 0.655. The first-order chi connectivity index (χ1) is 13.1. The number of nitrogens with one attached hydrogen (secondary N) is 3. The van der Waals surface area contributed by atoms with Crippen LogP contribution in [-0.4, -0.2) is 54.3 Å². The van der Waals surface area contributed by atoms with Gasteiger partial charge in [0.05, 0.1) is 11.4 Å². The maximum atomic E-state index is 12.8. The molecule has 1 saturated heterocycles. The van der Waals surface area contributed by atoms with Gasteiger partial charge in [-0.3, -0.25) is 9.69 Å². The second-order valence-corrected chi connectivity index (χ2v) is 7.81. The molecule has 0 saturated carbocycles. The number of hydrogen-bond acceptors (Lipinski definition) is 5. The first-order valence-electron chi connectivity index (χ1n) is 9.05. The molecule has 1 amide bonds. The number of benzene rings is 2. The Morgan fingerprint density at radius 3 is 2.48 bits per heavy atom. The third kappa shape index (κ3) is 3.99. The second kappa shape index (κ2) is 7.70. The van der Waals surface area contributed by atoms with E-state index in [4.69, 9.17) is 5.41 Å². The standard InChI is InChI=1S/C20H22BrN5O/c21-16-5-6-17-18(11-16)24-19(23-17)20(27)26-9-7-25(8-10-26)13-15-3-1-14(12-22)2-4-15/h1-6,11-12,19,22-24H,7-10,13H2. The van der Waals surface area contributed by atoms with E-state index >= 15 is 0 Å². The van der Waals surface area contributed by atoms with Gasteiger partial charge in [-0.1, -0.05) is 40.2 Å². The number of halogens is 1. The Kier molecular flexibility index (Phi) is 5.13. The summed E-state index contributed by atoms with van der Waals surface area (Å²) in [6.45, 7) is 4.07. The normalized spacial score (nSPS) is 19.1. The number of hydrogen-bond donors (Lipinski definition) is 3. The number of rotatable bonds is 4. The Hall–Kier alpha value is -2.38. The largest absolute Gasteiger partial charge is 0.356 e. The molecule has 3 N–H and O–H groups in total. The van der Waals surface area contributed by atoms with Crippen LogP contribution < -0.4 is 10.6 Å². The van der Waals surface area contributed by atoms with E-state index in [0.29, 0.717) is 0 Å². The number of carbonyl (C=O) groups excluding carboxylic acids is 1. The van der Waals surface area contributed by atoms with E-state index in [1.165, 1.54) is 11.8 Å². The summed E-state index contributed by atoms with van der Waals surface area (Å²) in [4.78, 5) is 17.1. The fourth-order valence-corrected chi connectivity index (χ4v) is 3.88. The van der Waals surface area contributed by atoms with Crippen molar-refractivity contribution in [3.05, 3.63) is 58.1 Å². The number of nitrogens with zero attached hydrogens (tertiary/aromatic N) is 2. The van der Waals surface area contributed by atoms with Crippen LogP contribution in [0.25, 0.3) is 0 Å². The number of fused-ring (bicyclic) bond motifs is 1. The zero-order chi connectivity index (χ0) is 18.8. The minimum Gasteiger partial charge on any atom is -0.356 e. The summed E-state index contributed by atoms with van der Waals surface area (Å²) in [7, 11) is 0. The third-order valence-electron chi connectivity index (χ3n) is 5.06. The lowest BCUT2D eigenvalue weighted by Crippen LogP contribution is -2.53. The highest BCUT2D eigenvalue weighted by atomic mass is 79.9. The van der Waals surface area contributed by atoms with Crippen molar-refractivity contribution in [2.45, 2.75) is 12.7 Å². The Labute approximate surface area is 167 Å². The lowest BCUT2D eigenvalue weighted by molar-refractivity contribution is -0.133. The number of carbonyl (C=O) groups is 1. The van der Waals surface area contributed by atoms with Gasteiger partial charge in [0.2, 0.25) is 0 Å². The Balaban J connectivity index is 1.30. The molecule has 6 nitrogen and oxygen atoms in total. The van der Waals surface area contributed by atoms with Crippen molar-refractivity contribution < 1.29 is 4.79 Å². The Morgan fingerprint density at radius 1 is 1.07 bits per heavy atom. The van der Waals surface area contributed by atoms with Gasteiger partial charge in [0, 0.05) is 43.4 Å². The van der Waals surface area contributed by atoms with E-state index in [1.54, 1.807) is 0 Å². The summed E-state index contributed by atoms with van der Waals surface area (Å²) < 4.78 is 0.992. The van der Waals surface area contributed by atoms with Crippen LogP contribution in [0.4, 0.5) is 11.4 Å². The van der Waals surface area contributed by atoms with Gasteiger partial charge in [-0.25, -0.2) is 0 Å². The molecule has 1 atom stereocenters. The second-order valence-electron chi connectivity index (χ2n) is 6.90. The zero-order valence-corrected chi connectivity index (χ0v) is 16.5. The van der Waals surface area contributed by atoms with Gasteiger partial charge < -0.3 is 20.9 Å². The lowest BCUT2D eigenvalue weighted by atomic mass is 10.1. The lowest BCUT2D eigenvalue weighted by Gasteiger charge is -2.36. The third-order valence-corrected chi connectivity index (χ3v) is 5.56. The summed E-state index contributed by atoms with van der Waals surface area (Å²) in [5.74, 6) is 0.0947. The molecule has 0 bridgehead atoms.